The number of pyridine rings is 1. The van der Waals surface area contributed by atoms with E-state index in [0.29, 0.717) is 39.1 Å². The number of rotatable bonds is 4. The summed E-state index contributed by atoms with van der Waals surface area (Å²) in [7, 11) is 0. The van der Waals surface area contributed by atoms with E-state index < -0.39 is 11.2 Å². The second-order valence-electron chi connectivity index (χ2n) is 6.84. The van der Waals surface area contributed by atoms with E-state index in [2.05, 4.69) is 4.98 Å². The molecule has 2 heterocycles. The SMILES string of the molecule is CC(C)(C)OC(=O)N1CCC(OCCN)(c2cccnc2)CC1. The van der Waals surface area contributed by atoms with E-state index in [1.165, 1.54) is 0 Å². The highest BCUT2D eigenvalue weighted by Gasteiger charge is 2.39. The van der Waals surface area contributed by atoms with Crippen molar-refractivity contribution in [3.8, 4) is 0 Å². The first-order valence-electron chi connectivity index (χ1n) is 8.09. The number of carbonyl (C=O) groups excluding carboxylic acids is 1. The summed E-state index contributed by atoms with van der Waals surface area (Å²) in [5.41, 5.74) is 5.74. The monoisotopic (exact) mass is 321 g/mol. The minimum atomic E-state index is -0.481. The molecule has 1 aliphatic heterocycles. The summed E-state index contributed by atoms with van der Waals surface area (Å²) in [6.07, 6.45) is 4.72. The lowest BCUT2D eigenvalue weighted by Gasteiger charge is -2.42. The van der Waals surface area contributed by atoms with Gasteiger partial charge in [0.2, 0.25) is 0 Å². The average molecular weight is 321 g/mol. The molecule has 0 aliphatic carbocycles. The molecule has 0 atom stereocenters. The quantitative estimate of drug-likeness (QED) is 0.920. The summed E-state index contributed by atoms with van der Waals surface area (Å²) in [5.74, 6) is 0. The zero-order valence-electron chi connectivity index (χ0n) is 14.2. The summed E-state index contributed by atoms with van der Waals surface area (Å²) in [4.78, 5) is 18.1. The lowest BCUT2D eigenvalue weighted by Crippen LogP contribution is -2.48. The van der Waals surface area contributed by atoms with Crippen LogP contribution in [0, 0.1) is 0 Å². The van der Waals surface area contributed by atoms with Crippen LogP contribution in [0.2, 0.25) is 0 Å². The summed E-state index contributed by atoms with van der Waals surface area (Å²) in [5, 5.41) is 0. The molecule has 0 aromatic carbocycles. The normalized spacial score (nSPS) is 17.8. The number of hydrogen-bond acceptors (Lipinski definition) is 5. The Morgan fingerprint density at radius 2 is 2.09 bits per heavy atom. The molecule has 1 aromatic heterocycles. The van der Waals surface area contributed by atoms with Crippen LogP contribution in [-0.4, -0.2) is 47.8 Å². The van der Waals surface area contributed by atoms with Crippen LogP contribution in [0.15, 0.2) is 24.5 Å². The van der Waals surface area contributed by atoms with Crippen LogP contribution in [0.3, 0.4) is 0 Å². The number of nitrogens with zero attached hydrogens (tertiary/aromatic N) is 2. The van der Waals surface area contributed by atoms with Gasteiger partial charge in [0.15, 0.2) is 0 Å². The molecular weight excluding hydrogens is 294 g/mol. The van der Waals surface area contributed by atoms with Gasteiger partial charge in [-0.05, 0) is 39.7 Å². The summed E-state index contributed by atoms with van der Waals surface area (Å²) in [6.45, 7) is 7.76. The molecule has 1 amide bonds. The Balaban J connectivity index is 2.07. The fraction of sp³-hybridized carbons (Fsp3) is 0.647. The highest BCUT2D eigenvalue weighted by atomic mass is 16.6. The molecule has 0 spiro atoms. The van der Waals surface area contributed by atoms with Gasteiger partial charge in [0.05, 0.1) is 12.2 Å². The fourth-order valence-electron chi connectivity index (χ4n) is 2.78. The van der Waals surface area contributed by atoms with E-state index in [1.807, 2.05) is 39.1 Å². The first kappa shape index (κ1) is 17.7. The van der Waals surface area contributed by atoms with Gasteiger partial charge in [0, 0.05) is 37.6 Å². The van der Waals surface area contributed by atoms with Crippen LogP contribution in [0.1, 0.15) is 39.2 Å². The van der Waals surface area contributed by atoms with E-state index in [9.17, 15) is 4.79 Å². The summed E-state index contributed by atoms with van der Waals surface area (Å²) in [6, 6.07) is 3.93. The van der Waals surface area contributed by atoms with Gasteiger partial charge in [-0.3, -0.25) is 4.98 Å². The second kappa shape index (κ2) is 7.27. The van der Waals surface area contributed by atoms with Crippen LogP contribution >= 0.6 is 0 Å². The largest absolute Gasteiger partial charge is 0.444 e. The van der Waals surface area contributed by atoms with E-state index >= 15 is 0 Å². The van der Waals surface area contributed by atoms with Gasteiger partial charge in [0.25, 0.3) is 0 Å². The van der Waals surface area contributed by atoms with Crippen LogP contribution in [0.4, 0.5) is 4.79 Å². The van der Waals surface area contributed by atoms with E-state index in [4.69, 9.17) is 15.2 Å². The molecule has 1 aromatic rings. The Kier molecular flexibility index (Phi) is 5.59. The Hall–Kier alpha value is -1.66. The van der Waals surface area contributed by atoms with Crippen molar-refractivity contribution in [3.63, 3.8) is 0 Å². The maximum absolute atomic E-state index is 12.2. The highest BCUT2D eigenvalue weighted by Crippen LogP contribution is 2.36. The number of likely N-dealkylation sites (tertiary alicyclic amines) is 1. The molecule has 1 saturated heterocycles. The molecule has 0 radical (unpaired) electrons. The predicted octanol–water partition coefficient (Wildman–Crippen LogP) is 2.28. The van der Waals surface area contributed by atoms with Crippen molar-refractivity contribution >= 4 is 6.09 Å². The number of piperidine rings is 1. The van der Waals surface area contributed by atoms with Gasteiger partial charge in [-0.2, -0.15) is 0 Å². The van der Waals surface area contributed by atoms with E-state index in [0.717, 1.165) is 5.56 Å². The van der Waals surface area contributed by atoms with Crippen molar-refractivity contribution in [3.05, 3.63) is 30.1 Å². The second-order valence-corrected chi connectivity index (χ2v) is 6.84. The maximum Gasteiger partial charge on any atom is 0.410 e. The van der Waals surface area contributed by atoms with Crippen LogP contribution in [-0.2, 0) is 15.1 Å². The fourth-order valence-corrected chi connectivity index (χ4v) is 2.78. The highest BCUT2D eigenvalue weighted by molar-refractivity contribution is 5.68. The molecule has 0 saturated carbocycles. The molecule has 6 heteroatoms. The number of carbonyl (C=O) groups is 1. The third kappa shape index (κ3) is 4.65. The maximum atomic E-state index is 12.2. The lowest BCUT2D eigenvalue weighted by molar-refractivity contribution is -0.0875. The summed E-state index contributed by atoms with van der Waals surface area (Å²) >= 11 is 0. The third-order valence-electron chi connectivity index (χ3n) is 3.91. The van der Waals surface area contributed by atoms with Gasteiger partial charge >= 0.3 is 6.09 Å². The molecular formula is C17H27N3O3. The molecule has 1 fully saturated rings. The van der Waals surface area contributed by atoms with Crippen LogP contribution < -0.4 is 5.73 Å². The zero-order chi connectivity index (χ0) is 16.9. The van der Waals surface area contributed by atoms with Gasteiger partial charge in [0.1, 0.15) is 5.60 Å². The third-order valence-corrected chi connectivity index (χ3v) is 3.91. The Bertz CT molecular complexity index is 506. The number of nitrogens with two attached hydrogens (primary N) is 1. The number of ether oxygens (including phenoxy) is 2. The molecule has 2 rings (SSSR count). The van der Waals surface area contributed by atoms with Gasteiger partial charge in [-0.15, -0.1) is 0 Å². The van der Waals surface area contributed by atoms with Crippen molar-refractivity contribution in [2.75, 3.05) is 26.2 Å². The predicted molar refractivity (Wildman–Crippen MR) is 88.0 cm³/mol. The molecule has 6 nitrogen and oxygen atoms in total. The number of hydrogen-bond donors (Lipinski definition) is 1. The molecule has 128 valence electrons. The average Bonchev–Trinajstić information content (AvgIpc) is 2.52. The molecule has 1 aliphatic rings. The lowest BCUT2D eigenvalue weighted by atomic mass is 9.85. The van der Waals surface area contributed by atoms with Gasteiger partial charge in [-0.25, -0.2) is 4.79 Å². The number of aromatic nitrogens is 1. The van der Waals surface area contributed by atoms with E-state index in [-0.39, 0.29) is 6.09 Å². The van der Waals surface area contributed by atoms with Crippen molar-refractivity contribution in [2.24, 2.45) is 5.73 Å². The standard InChI is InChI=1S/C17H27N3O3/c1-16(2,3)23-15(21)20-10-6-17(7-11-20,22-12-8-18)14-5-4-9-19-13-14/h4-5,9,13H,6-8,10-12,18H2,1-3H3. The first-order chi connectivity index (χ1) is 10.9. The Morgan fingerprint density at radius 3 is 2.61 bits per heavy atom. The number of amides is 1. The Morgan fingerprint density at radius 1 is 1.39 bits per heavy atom. The molecule has 23 heavy (non-hydrogen) atoms. The molecule has 0 bridgehead atoms. The minimum Gasteiger partial charge on any atom is -0.444 e. The summed E-state index contributed by atoms with van der Waals surface area (Å²) < 4.78 is 11.5. The zero-order valence-corrected chi connectivity index (χ0v) is 14.2. The van der Waals surface area contributed by atoms with Crippen molar-refractivity contribution in [1.29, 1.82) is 0 Å². The van der Waals surface area contributed by atoms with E-state index in [1.54, 1.807) is 11.1 Å². The first-order valence-corrected chi connectivity index (χ1v) is 8.09. The van der Waals surface area contributed by atoms with Crippen molar-refractivity contribution in [2.45, 2.75) is 44.8 Å². The smallest absolute Gasteiger partial charge is 0.410 e. The van der Waals surface area contributed by atoms with Crippen LogP contribution in [0.25, 0.3) is 0 Å². The molecule has 2 N–H and O–H groups in total. The van der Waals surface area contributed by atoms with Crippen molar-refractivity contribution in [1.82, 2.24) is 9.88 Å². The minimum absolute atomic E-state index is 0.267. The molecule has 0 unspecified atom stereocenters. The Labute approximate surface area is 138 Å². The van der Waals surface area contributed by atoms with Crippen LogP contribution in [0.5, 0.6) is 0 Å². The van der Waals surface area contributed by atoms with Crippen molar-refractivity contribution < 1.29 is 14.3 Å². The van der Waals surface area contributed by atoms with Gasteiger partial charge < -0.3 is 20.1 Å². The van der Waals surface area contributed by atoms with Gasteiger partial charge in [-0.1, -0.05) is 6.07 Å². The topological polar surface area (TPSA) is 77.7 Å².